The third-order valence-corrected chi connectivity index (χ3v) is 4.70. The number of carbonyl (C=O) groups is 1. The molecule has 0 amide bonds. The van der Waals surface area contributed by atoms with E-state index in [2.05, 4.69) is 19.9 Å². The molecule has 1 fully saturated rings. The van der Waals surface area contributed by atoms with Crippen molar-refractivity contribution < 1.29 is 4.79 Å². The van der Waals surface area contributed by atoms with E-state index in [4.69, 9.17) is 0 Å². The Morgan fingerprint density at radius 2 is 2.33 bits per heavy atom. The lowest BCUT2D eigenvalue weighted by molar-refractivity contribution is -0.110. The molecule has 0 aliphatic heterocycles. The molecule has 15 heavy (non-hydrogen) atoms. The highest BCUT2D eigenvalue weighted by Gasteiger charge is 2.50. The Bertz CT molecular complexity index is 288. The van der Waals surface area contributed by atoms with Gasteiger partial charge in [-0.05, 0) is 42.9 Å². The second-order valence-corrected chi connectivity index (χ2v) is 5.97. The van der Waals surface area contributed by atoms with Gasteiger partial charge in [0, 0.05) is 5.92 Å². The second kappa shape index (κ2) is 3.77. The number of fused-ring (bicyclic) bond motifs is 1. The van der Waals surface area contributed by atoms with Gasteiger partial charge in [0.15, 0.2) is 0 Å². The van der Waals surface area contributed by atoms with Crippen LogP contribution in [0, 0.1) is 23.2 Å². The topological polar surface area (TPSA) is 17.1 Å². The normalized spacial score (nSPS) is 33.9. The number of carbonyl (C=O) groups excluding carboxylic acids is 1. The Balaban J connectivity index is 1.94. The first-order valence-electron chi connectivity index (χ1n) is 6.20. The van der Waals surface area contributed by atoms with Gasteiger partial charge in [-0.25, -0.2) is 0 Å². The summed E-state index contributed by atoms with van der Waals surface area (Å²) in [5.41, 5.74) is 2.17. The minimum absolute atomic E-state index is 0.229. The standard InChI is InChI=1S/C14H22O/c1-10(9-15)4-5-11-6-7-12-8-13(11)14(12,2)3/h6,9-10,12-13H,4-5,7-8H2,1-3H3/t10?,12-,13+/m0/s1. The summed E-state index contributed by atoms with van der Waals surface area (Å²) >= 11 is 0. The summed E-state index contributed by atoms with van der Waals surface area (Å²) in [4.78, 5) is 10.6. The molecule has 3 atom stereocenters. The van der Waals surface area contributed by atoms with Crippen LogP contribution in [0.5, 0.6) is 0 Å². The van der Waals surface area contributed by atoms with Crippen molar-refractivity contribution in [1.82, 2.24) is 0 Å². The van der Waals surface area contributed by atoms with E-state index in [1.807, 2.05) is 6.92 Å². The van der Waals surface area contributed by atoms with Gasteiger partial charge in [0.1, 0.15) is 6.29 Å². The highest BCUT2D eigenvalue weighted by Crippen LogP contribution is 2.59. The van der Waals surface area contributed by atoms with Crippen molar-refractivity contribution in [1.29, 1.82) is 0 Å². The highest BCUT2D eigenvalue weighted by atomic mass is 16.1. The monoisotopic (exact) mass is 206 g/mol. The van der Waals surface area contributed by atoms with Gasteiger partial charge in [-0.2, -0.15) is 0 Å². The average Bonchev–Trinajstić information content (AvgIpc) is 2.25. The first-order chi connectivity index (χ1) is 7.05. The Hall–Kier alpha value is -0.590. The van der Waals surface area contributed by atoms with Crippen molar-refractivity contribution in [2.45, 2.75) is 46.5 Å². The van der Waals surface area contributed by atoms with E-state index in [0.29, 0.717) is 5.41 Å². The minimum atomic E-state index is 0.229. The van der Waals surface area contributed by atoms with Crippen molar-refractivity contribution in [2.75, 3.05) is 0 Å². The number of allylic oxidation sites excluding steroid dienone is 2. The highest BCUT2D eigenvalue weighted by molar-refractivity contribution is 5.52. The van der Waals surface area contributed by atoms with Crippen LogP contribution < -0.4 is 0 Å². The van der Waals surface area contributed by atoms with Gasteiger partial charge in [-0.1, -0.05) is 32.4 Å². The molecule has 0 radical (unpaired) electrons. The third kappa shape index (κ3) is 1.77. The number of hydrogen-bond donors (Lipinski definition) is 0. The first kappa shape index (κ1) is 10.9. The Morgan fingerprint density at radius 3 is 2.87 bits per heavy atom. The van der Waals surface area contributed by atoms with Crippen molar-refractivity contribution in [3.8, 4) is 0 Å². The quantitative estimate of drug-likeness (QED) is 0.507. The van der Waals surface area contributed by atoms with Crippen molar-refractivity contribution in [3.05, 3.63) is 11.6 Å². The van der Waals surface area contributed by atoms with Crippen LogP contribution in [0.2, 0.25) is 0 Å². The summed E-state index contributed by atoms with van der Waals surface area (Å²) in [6.45, 7) is 6.83. The minimum Gasteiger partial charge on any atom is -0.303 e. The van der Waals surface area contributed by atoms with Crippen LogP contribution in [0.15, 0.2) is 11.6 Å². The lowest BCUT2D eigenvalue weighted by atomic mass is 9.48. The Kier molecular flexibility index (Phi) is 2.74. The molecule has 84 valence electrons. The summed E-state index contributed by atoms with van der Waals surface area (Å²) in [5.74, 6) is 1.97. The lowest BCUT2D eigenvalue weighted by Gasteiger charge is -2.56. The zero-order valence-corrected chi connectivity index (χ0v) is 10.1. The molecule has 1 saturated carbocycles. The fourth-order valence-corrected chi connectivity index (χ4v) is 3.22. The predicted octanol–water partition coefficient (Wildman–Crippen LogP) is 3.59. The smallest absolute Gasteiger partial charge is 0.122 e. The van der Waals surface area contributed by atoms with Gasteiger partial charge < -0.3 is 4.79 Å². The molecule has 3 aliphatic carbocycles. The molecule has 1 nitrogen and oxygen atoms in total. The molecule has 3 rings (SSSR count). The molecule has 0 N–H and O–H groups in total. The van der Waals surface area contributed by atoms with E-state index < -0.39 is 0 Å². The SMILES string of the molecule is CC(C=O)CCC1=CC[C@H]2C[C@H]1C2(C)C. The zero-order valence-electron chi connectivity index (χ0n) is 10.1. The van der Waals surface area contributed by atoms with Gasteiger partial charge in [0.25, 0.3) is 0 Å². The maximum Gasteiger partial charge on any atom is 0.122 e. The molecule has 0 aromatic rings. The summed E-state index contributed by atoms with van der Waals surface area (Å²) in [6.07, 6.45) is 8.37. The van der Waals surface area contributed by atoms with Gasteiger partial charge in [0.05, 0.1) is 0 Å². The molecule has 1 unspecified atom stereocenters. The van der Waals surface area contributed by atoms with Gasteiger partial charge in [0.2, 0.25) is 0 Å². The average molecular weight is 206 g/mol. The van der Waals surface area contributed by atoms with Crippen LogP contribution >= 0.6 is 0 Å². The number of rotatable bonds is 4. The van der Waals surface area contributed by atoms with Gasteiger partial charge in [-0.3, -0.25) is 0 Å². The summed E-state index contributed by atoms with van der Waals surface area (Å²) < 4.78 is 0. The maximum absolute atomic E-state index is 10.6. The Morgan fingerprint density at radius 1 is 1.60 bits per heavy atom. The van der Waals surface area contributed by atoms with E-state index in [1.54, 1.807) is 5.57 Å². The Labute approximate surface area is 92.9 Å². The largest absolute Gasteiger partial charge is 0.303 e. The molecule has 0 aromatic heterocycles. The second-order valence-electron chi connectivity index (χ2n) is 5.97. The summed E-state index contributed by atoms with van der Waals surface area (Å²) in [5, 5.41) is 0. The van der Waals surface area contributed by atoms with E-state index in [1.165, 1.54) is 12.8 Å². The molecule has 0 spiro atoms. The van der Waals surface area contributed by atoms with E-state index in [-0.39, 0.29) is 5.92 Å². The third-order valence-electron chi connectivity index (χ3n) is 4.70. The summed E-state index contributed by atoms with van der Waals surface area (Å²) in [7, 11) is 0. The van der Waals surface area contributed by atoms with E-state index in [9.17, 15) is 4.79 Å². The summed E-state index contributed by atoms with van der Waals surface area (Å²) in [6, 6.07) is 0. The van der Waals surface area contributed by atoms with E-state index in [0.717, 1.165) is 31.0 Å². The van der Waals surface area contributed by atoms with Crippen molar-refractivity contribution in [3.63, 3.8) is 0 Å². The van der Waals surface area contributed by atoms with Crippen LogP contribution in [-0.4, -0.2) is 6.29 Å². The first-order valence-corrected chi connectivity index (χ1v) is 6.20. The molecule has 0 aromatic carbocycles. The van der Waals surface area contributed by atoms with Crippen LogP contribution in [0.3, 0.4) is 0 Å². The fourth-order valence-electron chi connectivity index (χ4n) is 3.22. The molecule has 0 heterocycles. The van der Waals surface area contributed by atoms with Crippen LogP contribution in [0.4, 0.5) is 0 Å². The van der Waals surface area contributed by atoms with Crippen LogP contribution in [-0.2, 0) is 4.79 Å². The van der Waals surface area contributed by atoms with E-state index >= 15 is 0 Å². The molecular weight excluding hydrogens is 184 g/mol. The number of aldehydes is 1. The molecule has 0 saturated heterocycles. The van der Waals surface area contributed by atoms with Crippen molar-refractivity contribution in [2.24, 2.45) is 23.2 Å². The predicted molar refractivity (Wildman–Crippen MR) is 62.5 cm³/mol. The van der Waals surface area contributed by atoms with Crippen molar-refractivity contribution >= 4 is 6.29 Å². The number of hydrogen-bond acceptors (Lipinski definition) is 1. The fraction of sp³-hybridized carbons (Fsp3) is 0.786. The van der Waals surface area contributed by atoms with Gasteiger partial charge in [-0.15, -0.1) is 0 Å². The van der Waals surface area contributed by atoms with Crippen LogP contribution in [0.25, 0.3) is 0 Å². The lowest BCUT2D eigenvalue weighted by Crippen LogP contribution is -2.48. The molecular formula is C14H22O. The molecule has 2 bridgehead atoms. The molecule has 1 heteroatoms. The van der Waals surface area contributed by atoms with Gasteiger partial charge >= 0.3 is 0 Å². The van der Waals surface area contributed by atoms with Crippen LogP contribution in [0.1, 0.15) is 46.5 Å². The zero-order chi connectivity index (χ0) is 11.1. The molecule has 3 aliphatic rings. The maximum atomic E-state index is 10.6.